The number of hydrogen-bond acceptors (Lipinski definition) is 9. The van der Waals surface area contributed by atoms with Crippen molar-refractivity contribution in [3.05, 3.63) is 77.1 Å². The molecule has 0 amide bonds. The van der Waals surface area contributed by atoms with Crippen LogP contribution in [0.1, 0.15) is 36.0 Å². The van der Waals surface area contributed by atoms with Gasteiger partial charge in [-0.25, -0.2) is 9.37 Å². The van der Waals surface area contributed by atoms with Crippen LogP contribution in [0.3, 0.4) is 0 Å². The van der Waals surface area contributed by atoms with Crippen LogP contribution in [0.2, 0.25) is 0 Å². The molecular weight excluding hydrogens is 475 g/mol. The van der Waals surface area contributed by atoms with Crippen LogP contribution in [0, 0.1) is 5.82 Å². The van der Waals surface area contributed by atoms with E-state index >= 15 is 0 Å². The van der Waals surface area contributed by atoms with E-state index < -0.39 is 0 Å². The van der Waals surface area contributed by atoms with Crippen molar-refractivity contribution >= 4 is 46.2 Å². The van der Waals surface area contributed by atoms with Crippen LogP contribution in [0.5, 0.6) is 0 Å². The Morgan fingerprint density at radius 3 is 2.47 bits per heavy atom. The standard InChI is InChI=1S/C26H27FN8S/c1-18(2)22-17-29-26(36-22)33-24-30-23(7-6-19-4-3-5-20(27)16-19)31-25(32-24)35-14-12-34(13-15-35)21-8-10-28-11-9-21/h3-11,16-18H,12-15H2,1-2H3,(H,29,30,31,32,33)/b7-6+. The Kier molecular flexibility index (Phi) is 7.13. The van der Waals surface area contributed by atoms with E-state index in [1.807, 2.05) is 36.8 Å². The van der Waals surface area contributed by atoms with Crippen molar-refractivity contribution in [2.75, 3.05) is 41.3 Å². The Labute approximate surface area is 213 Å². The number of nitrogens with zero attached hydrogens (tertiary/aromatic N) is 7. The molecule has 0 saturated carbocycles. The predicted molar refractivity (Wildman–Crippen MR) is 143 cm³/mol. The van der Waals surface area contributed by atoms with Gasteiger partial charge in [0.05, 0.1) is 0 Å². The van der Waals surface area contributed by atoms with Gasteiger partial charge in [0, 0.05) is 55.3 Å². The van der Waals surface area contributed by atoms with Crippen LogP contribution in [0.4, 0.5) is 27.1 Å². The second-order valence-corrected chi connectivity index (χ2v) is 9.79. The Bertz CT molecular complexity index is 1330. The summed E-state index contributed by atoms with van der Waals surface area (Å²) in [6, 6.07) is 10.5. The van der Waals surface area contributed by atoms with Crippen molar-refractivity contribution in [2.24, 2.45) is 0 Å². The fourth-order valence-electron chi connectivity index (χ4n) is 3.86. The molecular formula is C26H27FN8S. The van der Waals surface area contributed by atoms with Crippen LogP contribution in [0.25, 0.3) is 12.2 Å². The van der Waals surface area contributed by atoms with Crippen molar-refractivity contribution in [2.45, 2.75) is 19.8 Å². The molecule has 0 aliphatic carbocycles. The van der Waals surface area contributed by atoms with E-state index in [9.17, 15) is 4.39 Å². The molecule has 4 heterocycles. The molecule has 0 atom stereocenters. The van der Waals surface area contributed by atoms with E-state index in [0.29, 0.717) is 23.6 Å². The van der Waals surface area contributed by atoms with E-state index in [1.54, 1.807) is 29.6 Å². The summed E-state index contributed by atoms with van der Waals surface area (Å²) in [4.78, 5) is 28.3. The highest BCUT2D eigenvalue weighted by Gasteiger charge is 2.21. The van der Waals surface area contributed by atoms with E-state index in [0.717, 1.165) is 42.6 Å². The van der Waals surface area contributed by atoms with Crippen LogP contribution in [-0.2, 0) is 0 Å². The third-order valence-electron chi connectivity index (χ3n) is 5.82. The first kappa shape index (κ1) is 23.8. The molecule has 1 N–H and O–H groups in total. The van der Waals surface area contributed by atoms with Crippen molar-refractivity contribution in [1.29, 1.82) is 0 Å². The Morgan fingerprint density at radius 2 is 1.75 bits per heavy atom. The van der Waals surface area contributed by atoms with E-state index in [2.05, 4.69) is 43.9 Å². The summed E-state index contributed by atoms with van der Waals surface area (Å²) in [7, 11) is 0. The maximum Gasteiger partial charge on any atom is 0.234 e. The number of piperazine rings is 1. The highest BCUT2D eigenvalue weighted by Crippen LogP contribution is 2.27. The maximum atomic E-state index is 13.6. The third-order valence-corrected chi connectivity index (χ3v) is 7.03. The second-order valence-electron chi connectivity index (χ2n) is 8.73. The van der Waals surface area contributed by atoms with Crippen LogP contribution >= 0.6 is 11.3 Å². The number of halogens is 1. The molecule has 0 unspecified atom stereocenters. The van der Waals surface area contributed by atoms with Gasteiger partial charge in [0.15, 0.2) is 11.0 Å². The fourth-order valence-corrected chi connectivity index (χ4v) is 4.67. The molecule has 1 aliphatic rings. The summed E-state index contributed by atoms with van der Waals surface area (Å²) in [5.74, 6) is 1.63. The lowest BCUT2D eigenvalue weighted by atomic mass is 10.2. The summed E-state index contributed by atoms with van der Waals surface area (Å²) in [6.07, 6.45) is 9.08. The number of benzene rings is 1. The lowest BCUT2D eigenvalue weighted by Gasteiger charge is -2.36. The molecule has 184 valence electrons. The molecule has 1 saturated heterocycles. The minimum absolute atomic E-state index is 0.285. The lowest BCUT2D eigenvalue weighted by molar-refractivity contribution is 0.627. The Hall–Kier alpha value is -3.92. The zero-order valence-electron chi connectivity index (χ0n) is 20.2. The topological polar surface area (TPSA) is 83.0 Å². The number of anilines is 4. The van der Waals surface area contributed by atoms with Crippen LogP contribution in [0.15, 0.2) is 55.0 Å². The van der Waals surface area contributed by atoms with Gasteiger partial charge in [0.2, 0.25) is 11.9 Å². The maximum absolute atomic E-state index is 13.6. The number of rotatable bonds is 7. The van der Waals surface area contributed by atoms with Gasteiger partial charge in [-0.2, -0.15) is 15.0 Å². The van der Waals surface area contributed by atoms with Gasteiger partial charge >= 0.3 is 0 Å². The van der Waals surface area contributed by atoms with Gasteiger partial charge in [-0.05, 0) is 41.8 Å². The Morgan fingerprint density at radius 1 is 0.972 bits per heavy atom. The molecule has 1 aromatic carbocycles. The lowest BCUT2D eigenvalue weighted by Crippen LogP contribution is -2.47. The zero-order chi connectivity index (χ0) is 24.9. The molecule has 1 fully saturated rings. The number of thiazole rings is 1. The molecule has 8 nitrogen and oxygen atoms in total. The molecule has 10 heteroatoms. The Balaban J connectivity index is 1.39. The van der Waals surface area contributed by atoms with Crippen molar-refractivity contribution in [1.82, 2.24) is 24.9 Å². The van der Waals surface area contributed by atoms with Gasteiger partial charge in [0.1, 0.15) is 5.82 Å². The molecule has 36 heavy (non-hydrogen) atoms. The van der Waals surface area contributed by atoms with Gasteiger partial charge in [0.25, 0.3) is 0 Å². The van der Waals surface area contributed by atoms with E-state index in [1.165, 1.54) is 17.0 Å². The van der Waals surface area contributed by atoms with Crippen molar-refractivity contribution in [3.8, 4) is 0 Å². The summed E-state index contributed by atoms with van der Waals surface area (Å²) < 4.78 is 13.6. The summed E-state index contributed by atoms with van der Waals surface area (Å²) in [5, 5.41) is 3.98. The quantitative estimate of drug-likeness (QED) is 0.368. The van der Waals surface area contributed by atoms with Crippen LogP contribution in [-0.4, -0.2) is 51.1 Å². The number of aromatic nitrogens is 5. The molecule has 4 aromatic rings. The average Bonchev–Trinajstić information content (AvgIpc) is 3.37. The number of pyridine rings is 1. The first-order valence-electron chi connectivity index (χ1n) is 11.9. The number of nitrogens with one attached hydrogen (secondary N) is 1. The first-order chi connectivity index (χ1) is 17.5. The third kappa shape index (κ3) is 5.83. The summed E-state index contributed by atoms with van der Waals surface area (Å²) >= 11 is 1.59. The average molecular weight is 503 g/mol. The van der Waals surface area contributed by atoms with Gasteiger partial charge in [-0.3, -0.25) is 10.3 Å². The smallest absolute Gasteiger partial charge is 0.234 e. The minimum atomic E-state index is -0.285. The summed E-state index contributed by atoms with van der Waals surface area (Å²) in [5.41, 5.74) is 1.89. The molecule has 5 rings (SSSR count). The molecule has 0 bridgehead atoms. The summed E-state index contributed by atoms with van der Waals surface area (Å²) in [6.45, 7) is 7.51. The fraction of sp³-hybridized carbons (Fsp3) is 0.269. The minimum Gasteiger partial charge on any atom is -0.368 e. The van der Waals surface area contributed by atoms with E-state index in [-0.39, 0.29) is 5.82 Å². The predicted octanol–water partition coefficient (Wildman–Crippen LogP) is 5.23. The monoisotopic (exact) mass is 502 g/mol. The van der Waals surface area contributed by atoms with Crippen LogP contribution < -0.4 is 15.1 Å². The van der Waals surface area contributed by atoms with Gasteiger partial charge < -0.3 is 9.80 Å². The highest BCUT2D eigenvalue weighted by atomic mass is 32.1. The highest BCUT2D eigenvalue weighted by molar-refractivity contribution is 7.15. The molecule has 1 aliphatic heterocycles. The molecule has 0 spiro atoms. The van der Waals surface area contributed by atoms with Gasteiger partial charge in [-0.1, -0.05) is 32.1 Å². The SMILES string of the molecule is CC(C)c1cnc(Nc2nc(/C=C/c3cccc(F)c3)nc(N3CCN(c4ccncc4)CC3)n2)s1. The van der Waals surface area contributed by atoms with Gasteiger partial charge in [-0.15, -0.1) is 11.3 Å². The zero-order valence-corrected chi connectivity index (χ0v) is 21.0. The second kappa shape index (κ2) is 10.8. The molecule has 0 radical (unpaired) electrons. The first-order valence-corrected chi connectivity index (χ1v) is 12.7. The molecule has 3 aromatic heterocycles. The number of hydrogen-bond donors (Lipinski definition) is 1. The normalized spacial score (nSPS) is 14.1. The largest absolute Gasteiger partial charge is 0.368 e. The van der Waals surface area contributed by atoms with Crippen molar-refractivity contribution < 1.29 is 4.39 Å². The van der Waals surface area contributed by atoms with Crippen molar-refractivity contribution in [3.63, 3.8) is 0 Å². The van der Waals surface area contributed by atoms with E-state index in [4.69, 9.17) is 9.97 Å².